The Hall–Kier alpha value is -2.35. The number of hydrogen-bond donors (Lipinski definition) is 1. The summed E-state index contributed by atoms with van der Waals surface area (Å²) in [4.78, 5) is 10.8. The average molecular weight is 362 g/mol. The molecule has 0 spiro atoms. The van der Waals surface area contributed by atoms with Crippen LogP contribution >= 0.6 is 0 Å². The molecular formula is C17H22N4O3S. The van der Waals surface area contributed by atoms with Crippen molar-refractivity contribution in [2.75, 3.05) is 35.9 Å². The summed E-state index contributed by atoms with van der Waals surface area (Å²) in [7, 11) is 0.548. The van der Waals surface area contributed by atoms with Gasteiger partial charge in [0.25, 0.3) is 0 Å². The lowest BCUT2D eigenvalue weighted by Crippen LogP contribution is -2.33. The molecule has 1 atom stereocenters. The number of benzene rings is 1. The second-order valence-electron chi connectivity index (χ2n) is 6.15. The van der Waals surface area contributed by atoms with Gasteiger partial charge in [0.1, 0.15) is 23.2 Å². The van der Waals surface area contributed by atoms with Gasteiger partial charge in [-0.25, -0.2) is 18.4 Å². The molecule has 1 aliphatic heterocycles. The molecule has 2 aromatic rings. The molecule has 7 nitrogen and oxygen atoms in total. The van der Waals surface area contributed by atoms with Crippen LogP contribution in [0.4, 0.5) is 17.3 Å². The maximum atomic E-state index is 11.7. The van der Waals surface area contributed by atoms with Gasteiger partial charge in [0.15, 0.2) is 9.84 Å². The summed E-state index contributed by atoms with van der Waals surface area (Å²) < 4.78 is 28.8. The smallest absolute Gasteiger partial charge is 0.152 e. The molecule has 25 heavy (non-hydrogen) atoms. The highest BCUT2D eigenvalue weighted by atomic mass is 32.2. The fourth-order valence-corrected chi connectivity index (χ4v) is 4.72. The van der Waals surface area contributed by atoms with Crippen LogP contribution in [0.25, 0.3) is 0 Å². The van der Waals surface area contributed by atoms with Gasteiger partial charge in [0, 0.05) is 19.2 Å². The number of nitrogens with one attached hydrogen (secondary N) is 1. The Morgan fingerprint density at radius 2 is 2.04 bits per heavy atom. The highest BCUT2D eigenvalue weighted by molar-refractivity contribution is 7.91. The first-order chi connectivity index (χ1) is 11.9. The Labute approximate surface area is 148 Å². The number of methoxy groups -OCH3 is 1. The maximum absolute atomic E-state index is 11.7. The number of ether oxygens (including phenoxy) is 1. The van der Waals surface area contributed by atoms with Crippen LogP contribution in [0.15, 0.2) is 30.3 Å². The van der Waals surface area contributed by atoms with E-state index in [1.165, 1.54) is 0 Å². The number of hydrogen-bond acceptors (Lipinski definition) is 7. The monoisotopic (exact) mass is 362 g/mol. The van der Waals surface area contributed by atoms with Gasteiger partial charge in [-0.05, 0) is 25.5 Å². The number of nitrogens with zero attached hydrogens (tertiary/aromatic N) is 3. The second kappa shape index (κ2) is 6.87. The largest absolute Gasteiger partial charge is 0.495 e. The Bertz CT molecular complexity index is 870. The standard InChI is InChI=1S/C17H22N4O3S/c1-12-18-16(20-14-6-4-5-7-15(14)24-3)10-17(19-12)21(2)13-8-9-25(22,23)11-13/h4-7,10,13H,8-9,11H2,1-3H3,(H,18,19,20). The third-order valence-corrected chi connectivity index (χ3v) is 6.06. The van der Waals surface area contributed by atoms with Crippen molar-refractivity contribution in [1.82, 2.24) is 9.97 Å². The molecule has 1 unspecified atom stereocenters. The van der Waals surface area contributed by atoms with Gasteiger partial charge in [0.05, 0.1) is 24.3 Å². The lowest BCUT2D eigenvalue weighted by molar-refractivity contribution is 0.417. The lowest BCUT2D eigenvalue weighted by atomic mass is 10.2. The molecule has 134 valence electrons. The number of sulfone groups is 1. The molecule has 1 aromatic carbocycles. The molecule has 1 N–H and O–H groups in total. The molecule has 8 heteroatoms. The first-order valence-corrected chi connectivity index (χ1v) is 9.89. The third kappa shape index (κ3) is 4.01. The Balaban J connectivity index is 1.85. The normalized spacial score (nSPS) is 18.8. The molecule has 2 heterocycles. The minimum atomic E-state index is -2.94. The molecule has 1 aliphatic rings. The van der Waals surface area contributed by atoms with Crippen molar-refractivity contribution >= 4 is 27.2 Å². The summed E-state index contributed by atoms with van der Waals surface area (Å²) in [6.07, 6.45) is 0.622. The number of rotatable bonds is 5. The predicted molar refractivity (Wildman–Crippen MR) is 98.5 cm³/mol. The zero-order valence-corrected chi connectivity index (χ0v) is 15.4. The zero-order valence-electron chi connectivity index (χ0n) is 14.6. The van der Waals surface area contributed by atoms with Crippen LogP contribution in [-0.4, -0.2) is 50.1 Å². The molecule has 0 amide bonds. The summed E-state index contributed by atoms with van der Waals surface area (Å²) in [5, 5.41) is 3.25. The molecule has 0 aliphatic carbocycles. The van der Waals surface area contributed by atoms with E-state index in [1.54, 1.807) is 7.11 Å². The summed E-state index contributed by atoms with van der Waals surface area (Å²) >= 11 is 0. The van der Waals surface area contributed by atoms with E-state index in [2.05, 4.69) is 15.3 Å². The molecule has 1 aromatic heterocycles. The molecule has 0 saturated carbocycles. The minimum Gasteiger partial charge on any atom is -0.495 e. The second-order valence-corrected chi connectivity index (χ2v) is 8.38. The molecule has 3 rings (SSSR count). The van der Waals surface area contributed by atoms with E-state index in [0.29, 0.717) is 23.9 Å². The van der Waals surface area contributed by atoms with Crippen LogP contribution in [0.5, 0.6) is 5.75 Å². The molecule has 1 saturated heterocycles. The van der Waals surface area contributed by atoms with Gasteiger partial charge in [-0.15, -0.1) is 0 Å². The first-order valence-electron chi connectivity index (χ1n) is 8.07. The highest BCUT2D eigenvalue weighted by Crippen LogP contribution is 2.28. The molecular weight excluding hydrogens is 340 g/mol. The van der Waals surface area contributed by atoms with E-state index in [0.717, 1.165) is 11.4 Å². The van der Waals surface area contributed by atoms with Crippen LogP contribution in [0.3, 0.4) is 0 Å². The predicted octanol–water partition coefficient (Wildman–Crippen LogP) is 2.16. The van der Waals surface area contributed by atoms with Crippen molar-refractivity contribution in [3.8, 4) is 5.75 Å². The summed E-state index contributed by atoms with van der Waals surface area (Å²) in [5.74, 6) is 3.07. The number of para-hydroxylation sites is 2. The van der Waals surface area contributed by atoms with E-state index >= 15 is 0 Å². The highest BCUT2D eigenvalue weighted by Gasteiger charge is 2.31. The Morgan fingerprint density at radius 3 is 2.72 bits per heavy atom. The first kappa shape index (κ1) is 17.5. The van der Waals surface area contributed by atoms with Crippen LogP contribution in [-0.2, 0) is 9.84 Å². The Kier molecular flexibility index (Phi) is 4.80. The van der Waals surface area contributed by atoms with E-state index in [1.807, 2.05) is 49.2 Å². The fraction of sp³-hybridized carbons (Fsp3) is 0.412. The van der Waals surface area contributed by atoms with Crippen LogP contribution < -0.4 is 15.0 Å². The fourth-order valence-electron chi connectivity index (χ4n) is 2.95. The number of aromatic nitrogens is 2. The maximum Gasteiger partial charge on any atom is 0.152 e. The van der Waals surface area contributed by atoms with Gasteiger partial charge in [-0.2, -0.15) is 0 Å². The van der Waals surface area contributed by atoms with E-state index in [4.69, 9.17) is 4.74 Å². The lowest BCUT2D eigenvalue weighted by Gasteiger charge is -2.25. The number of anilines is 3. The van der Waals surface area contributed by atoms with Gasteiger partial charge in [-0.3, -0.25) is 0 Å². The van der Waals surface area contributed by atoms with Crippen molar-refractivity contribution in [1.29, 1.82) is 0 Å². The summed E-state index contributed by atoms with van der Waals surface area (Å²) in [5.41, 5.74) is 0.806. The quantitative estimate of drug-likeness (QED) is 0.872. The topological polar surface area (TPSA) is 84.4 Å². The minimum absolute atomic E-state index is 0.0570. The summed E-state index contributed by atoms with van der Waals surface area (Å²) in [6.45, 7) is 1.82. The van der Waals surface area contributed by atoms with Crippen molar-refractivity contribution in [2.24, 2.45) is 0 Å². The summed E-state index contributed by atoms with van der Waals surface area (Å²) in [6, 6.07) is 9.35. The van der Waals surface area contributed by atoms with E-state index in [-0.39, 0.29) is 17.5 Å². The SMILES string of the molecule is COc1ccccc1Nc1cc(N(C)C2CCS(=O)(=O)C2)nc(C)n1. The molecule has 0 bridgehead atoms. The van der Waals surface area contributed by atoms with Crippen molar-refractivity contribution in [3.05, 3.63) is 36.2 Å². The molecule has 0 radical (unpaired) electrons. The van der Waals surface area contributed by atoms with Gasteiger partial charge < -0.3 is 15.0 Å². The average Bonchev–Trinajstić information content (AvgIpc) is 2.94. The van der Waals surface area contributed by atoms with Crippen molar-refractivity contribution in [3.63, 3.8) is 0 Å². The van der Waals surface area contributed by atoms with Crippen LogP contribution in [0.1, 0.15) is 12.2 Å². The molecule has 1 fully saturated rings. The zero-order chi connectivity index (χ0) is 18.0. The van der Waals surface area contributed by atoms with Crippen LogP contribution in [0.2, 0.25) is 0 Å². The van der Waals surface area contributed by atoms with E-state index in [9.17, 15) is 8.42 Å². The van der Waals surface area contributed by atoms with Gasteiger partial charge in [-0.1, -0.05) is 12.1 Å². The van der Waals surface area contributed by atoms with Crippen LogP contribution in [0, 0.1) is 6.92 Å². The van der Waals surface area contributed by atoms with Gasteiger partial charge in [0.2, 0.25) is 0 Å². The van der Waals surface area contributed by atoms with E-state index < -0.39 is 9.84 Å². The Morgan fingerprint density at radius 1 is 1.28 bits per heavy atom. The van der Waals surface area contributed by atoms with Crippen molar-refractivity contribution in [2.45, 2.75) is 19.4 Å². The third-order valence-electron chi connectivity index (χ3n) is 4.31. The van der Waals surface area contributed by atoms with Gasteiger partial charge >= 0.3 is 0 Å². The van der Waals surface area contributed by atoms with Crippen molar-refractivity contribution < 1.29 is 13.2 Å². The number of aryl methyl sites for hydroxylation is 1.